The van der Waals surface area contributed by atoms with Crippen LogP contribution >= 0.6 is 11.8 Å². The molecule has 0 bridgehead atoms. The monoisotopic (exact) mass is 294 g/mol. The van der Waals surface area contributed by atoms with Crippen LogP contribution in [0.4, 0.5) is 0 Å². The number of rotatable bonds is 6. The predicted molar refractivity (Wildman–Crippen MR) is 86.9 cm³/mol. The minimum atomic E-state index is 0.520. The van der Waals surface area contributed by atoms with E-state index in [1.807, 2.05) is 6.20 Å². The van der Waals surface area contributed by atoms with E-state index in [-0.39, 0.29) is 0 Å². The van der Waals surface area contributed by atoms with Crippen molar-refractivity contribution in [2.45, 2.75) is 51.3 Å². The maximum atomic E-state index is 5.52. The number of nitrogens with one attached hydrogen (secondary N) is 1. The number of methoxy groups -OCH3 is 1. The fourth-order valence-electron chi connectivity index (χ4n) is 3.00. The van der Waals surface area contributed by atoms with Gasteiger partial charge >= 0.3 is 0 Å². The summed E-state index contributed by atoms with van der Waals surface area (Å²) in [5.41, 5.74) is 3.48. The van der Waals surface area contributed by atoms with Gasteiger partial charge in [-0.2, -0.15) is 11.8 Å². The SMILES string of the molecule is CCNC(Cc1ncc(C)c(OC)c1C)C1CCCS1. The van der Waals surface area contributed by atoms with Crippen molar-refractivity contribution in [1.82, 2.24) is 10.3 Å². The zero-order valence-electron chi connectivity index (χ0n) is 13.0. The summed E-state index contributed by atoms with van der Waals surface area (Å²) >= 11 is 2.11. The van der Waals surface area contributed by atoms with Crippen LogP contribution in [0.3, 0.4) is 0 Å². The second kappa shape index (κ2) is 7.32. The Morgan fingerprint density at radius 2 is 2.30 bits per heavy atom. The van der Waals surface area contributed by atoms with Gasteiger partial charge in [0.15, 0.2) is 0 Å². The quantitative estimate of drug-likeness (QED) is 0.874. The van der Waals surface area contributed by atoms with Crippen molar-refractivity contribution < 1.29 is 4.74 Å². The third-order valence-electron chi connectivity index (χ3n) is 4.04. The van der Waals surface area contributed by atoms with Crippen molar-refractivity contribution in [2.75, 3.05) is 19.4 Å². The van der Waals surface area contributed by atoms with Crippen LogP contribution in [0.2, 0.25) is 0 Å². The van der Waals surface area contributed by atoms with E-state index in [9.17, 15) is 0 Å². The number of likely N-dealkylation sites (N-methyl/N-ethyl adjacent to an activating group) is 1. The van der Waals surface area contributed by atoms with E-state index in [0.29, 0.717) is 6.04 Å². The predicted octanol–water partition coefficient (Wildman–Crippen LogP) is 3.12. The van der Waals surface area contributed by atoms with Crippen LogP contribution in [0.15, 0.2) is 6.20 Å². The molecule has 3 nitrogen and oxygen atoms in total. The third-order valence-corrected chi connectivity index (χ3v) is 5.56. The van der Waals surface area contributed by atoms with Gasteiger partial charge in [0, 0.05) is 40.7 Å². The van der Waals surface area contributed by atoms with Crippen molar-refractivity contribution in [1.29, 1.82) is 0 Å². The van der Waals surface area contributed by atoms with Crippen LogP contribution in [0.5, 0.6) is 5.75 Å². The Morgan fingerprint density at radius 3 is 2.90 bits per heavy atom. The van der Waals surface area contributed by atoms with Crippen LogP contribution in [-0.4, -0.2) is 35.7 Å². The Labute approximate surface area is 126 Å². The maximum absolute atomic E-state index is 5.52. The molecule has 1 saturated heterocycles. The van der Waals surface area contributed by atoms with E-state index in [0.717, 1.165) is 29.5 Å². The minimum Gasteiger partial charge on any atom is -0.496 e. The molecule has 0 aliphatic carbocycles. The molecule has 0 aromatic carbocycles. The van der Waals surface area contributed by atoms with Crippen molar-refractivity contribution in [3.63, 3.8) is 0 Å². The summed E-state index contributed by atoms with van der Waals surface area (Å²) in [5, 5.41) is 4.38. The number of thioether (sulfide) groups is 1. The lowest BCUT2D eigenvalue weighted by Crippen LogP contribution is -2.39. The molecule has 112 valence electrons. The van der Waals surface area contributed by atoms with Crippen LogP contribution in [0.1, 0.15) is 36.6 Å². The van der Waals surface area contributed by atoms with Gasteiger partial charge in [-0.05, 0) is 39.0 Å². The van der Waals surface area contributed by atoms with E-state index in [1.54, 1.807) is 7.11 Å². The lowest BCUT2D eigenvalue weighted by Gasteiger charge is -2.24. The summed E-state index contributed by atoms with van der Waals surface area (Å²) in [6, 6.07) is 0.520. The lowest BCUT2D eigenvalue weighted by molar-refractivity contribution is 0.405. The molecule has 1 fully saturated rings. The number of ether oxygens (including phenoxy) is 1. The fraction of sp³-hybridized carbons (Fsp3) is 0.688. The van der Waals surface area contributed by atoms with Gasteiger partial charge in [0.2, 0.25) is 0 Å². The standard InChI is InChI=1S/C16H26N2OS/c1-5-17-14(15-7-6-8-20-15)9-13-12(3)16(19-4)11(2)10-18-13/h10,14-15,17H,5-9H2,1-4H3. The van der Waals surface area contributed by atoms with Crippen molar-refractivity contribution >= 4 is 11.8 Å². The molecule has 2 heterocycles. The Morgan fingerprint density at radius 1 is 1.50 bits per heavy atom. The van der Waals surface area contributed by atoms with E-state index in [2.05, 4.69) is 42.8 Å². The Bertz CT molecular complexity index is 444. The molecule has 2 atom stereocenters. The maximum Gasteiger partial charge on any atom is 0.128 e. The Hall–Kier alpha value is -0.740. The normalized spacial score (nSPS) is 20.1. The Kier molecular flexibility index (Phi) is 5.73. The molecule has 0 radical (unpaired) electrons. The smallest absolute Gasteiger partial charge is 0.128 e. The highest BCUT2D eigenvalue weighted by Crippen LogP contribution is 2.31. The highest BCUT2D eigenvalue weighted by Gasteiger charge is 2.26. The number of aromatic nitrogens is 1. The third kappa shape index (κ3) is 3.47. The van der Waals surface area contributed by atoms with E-state index < -0.39 is 0 Å². The zero-order valence-corrected chi connectivity index (χ0v) is 13.8. The van der Waals surface area contributed by atoms with Crippen LogP contribution in [0, 0.1) is 13.8 Å². The number of pyridine rings is 1. The molecule has 20 heavy (non-hydrogen) atoms. The van der Waals surface area contributed by atoms with Crippen LogP contribution < -0.4 is 10.1 Å². The molecule has 1 aliphatic heterocycles. The van der Waals surface area contributed by atoms with Gasteiger partial charge in [0.1, 0.15) is 5.75 Å². The zero-order chi connectivity index (χ0) is 14.5. The molecule has 0 spiro atoms. The van der Waals surface area contributed by atoms with E-state index in [4.69, 9.17) is 4.74 Å². The first-order chi connectivity index (χ1) is 9.67. The van der Waals surface area contributed by atoms with Gasteiger partial charge < -0.3 is 10.1 Å². The number of hydrogen-bond donors (Lipinski definition) is 1. The molecule has 1 N–H and O–H groups in total. The highest BCUT2D eigenvalue weighted by molar-refractivity contribution is 8.00. The van der Waals surface area contributed by atoms with E-state index >= 15 is 0 Å². The second-order valence-corrected chi connectivity index (χ2v) is 6.81. The van der Waals surface area contributed by atoms with Crippen molar-refractivity contribution in [3.8, 4) is 5.75 Å². The van der Waals surface area contributed by atoms with Gasteiger partial charge in [-0.15, -0.1) is 0 Å². The van der Waals surface area contributed by atoms with Crippen LogP contribution in [-0.2, 0) is 6.42 Å². The van der Waals surface area contributed by atoms with Crippen LogP contribution in [0.25, 0.3) is 0 Å². The molecule has 1 aromatic rings. The molecule has 1 aliphatic rings. The van der Waals surface area contributed by atoms with Crippen molar-refractivity contribution in [2.24, 2.45) is 0 Å². The Balaban J connectivity index is 2.17. The summed E-state index contributed by atoms with van der Waals surface area (Å²) in [6.45, 7) is 7.38. The molecule has 0 amide bonds. The average Bonchev–Trinajstić information content (AvgIpc) is 2.95. The van der Waals surface area contributed by atoms with E-state index in [1.165, 1.54) is 29.9 Å². The first-order valence-corrected chi connectivity index (χ1v) is 8.56. The average molecular weight is 294 g/mol. The summed E-state index contributed by atoms with van der Waals surface area (Å²) in [4.78, 5) is 4.65. The summed E-state index contributed by atoms with van der Waals surface area (Å²) < 4.78 is 5.52. The minimum absolute atomic E-state index is 0.520. The summed E-state index contributed by atoms with van der Waals surface area (Å²) in [6.07, 6.45) is 5.60. The summed E-state index contributed by atoms with van der Waals surface area (Å²) in [7, 11) is 1.74. The van der Waals surface area contributed by atoms with Gasteiger partial charge in [-0.3, -0.25) is 4.98 Å². The number of aryl methyl sites for hydroxylation is 1. The lowest BCUT2D eigenvalue weighted by atomic mass is 10.00. The van der Waals surface area contributed by atoms with Crippen molar-refractivity contribution in [3.05, 3.63) is 23.0 Å². The topological polar surface area (TPSA) is 34.2 Å². The summed E-state index contributed by atoms with van der Waals surface area (Å²) in [5.74, 6) is 2.29. The molecule has 4 heteroatoms. The molecule has 2 rings (SSSR count). The van der Waals surface area contributed by atoms with Gasteiger partial charge in [0.25, 0.3) is 0 Å². The number of hydrogen-bond acceptors (Lipinski definition) is 4. The molecule has 2 unspecified atom stereocenters. The molecule has 1 aromatic heterocycles. The highest BCUT2D eigenvalue weighted by atomic mass is 32.2. The first-order valence-electron chi connectivity index (χ1n) is 7.51. The van der Waals surface area contributed by atoms with Gasteiger partial charge in [-0.25, -0.2) is 0 Å². The fourth-order valence-corrected chi connectivity index (χ4v) is 4.40. The first kappa shape index (κ1) is 15.6. The van der Waals surface area contributed by atoms with Gasteiger partial charge in [-0.1, -0.05) is 6.92 Å². The second-order valence-electron chi connectivity index (χ2n) is 5.47. The largest absolute Gasteiger partial charge is 0.496 e. The molecular formula is C16H26N2OS. The number of nitrogens with zero attached hydrogens (tertiary/aromatic N) is 1. The van der Waals surface area contributed by atoms with Gasteiger partial charge in [0.05, 0.1) is 7.11 Å². The molecule has 0 saturated carbocycles. The molecular weight excluding hydrogens is 268 g/mol.